The number of hydrogen-bond donors (Lipinski definition) is 1. The Morgan fingerprint density at radius 1 is 1.16 bits per heavy atom. The van der Waals surface area contributed by atoms with Crippen molar-refractivity contribution in [1.29, 1.82) is 0 Å². The summed E-state index contributed by atoms with van der Waals surface area (Å²) >= 11 is 0. The zero-order valence-electron chi connectivity index (χ0n) is 11.3. The van der Waals surface area contributed by atoms with Gasteiger partial charge in [-0.2, -0.15) is 0 Å². The molecule has 1 aliphatic rings. The number of hydrogen-bond acceptors (Lipinski definition) is 4. The van der Waals surface area contributed by atoms with Crippen LogP contribution in [0.15, 0.2) is 24.4 Å². The van der Waals surface area contributed by atoms with E-state index in [-0.39, 0.29) is 0 Å². The molecule has 0 radical (unpaired) electrons. The Bertz CT molecular complexity index is 594. The SMILES string of the molecule is COc1cc2ccnc(NC3CCC3)c2cc1OC. The Hall–Kier alpha value is -1.97. The molecule has 1 fully saturated rings. The molecule has 0 spiro atoms. The Morgan fingerprint density at radius 2 is 1.89 bits per heavy atom. The number of aromatic nitrogens is 1. The molecule has 2 aromatic rings. The molecule has 19 heavy (non-hydrogen) atoms. The zero-order chi connectivity index (χ0) is 13.2. The van der Waals surface area contributed by atoms with E-state index in [1.807, 2.05) is 24.4 Å². The van der Waals surface area contributed by atoms with Crippen LogP contribution in [0.5, 0.6) is 11.5 Å². The average molecular weight is 258 g/mol. The van der Waals surface area contributed by atoms with Crippen LogP contribution in [0.2, 0.25) is 0 Å². The molecule has 1 aromatic heterocycles. The topological polar surface area (TPSA) is 43.4 Å². The molecular weight excluding hydrogens is 240 g/mol. The van der Waals surface area contributed by atoms with Gasteiger partial charge in [0.1, 0.15) is 5.82 Å². The summed E-state index contributed by atoms with van der Waals surface area (Å²) in [6.45, 7) is 0. The number of benzene rings is 1. The summed E-state index contributed by atoms with van der Waals surface area (Å²) in [4.78, 5) is 4.45. The molecule has 1 saturated carbocycles. The van der Waals surface area contributed by atoms with Gasteiger partial charge in [-0.05, 0) is 42.8 Å². The summed E-state index contributed by atoms with van der Waals surface area (Å²) in [5.41, 5.74) is 0. The molecule has 1 aromatic carbocycles. The van der Waals surface area contributed by atoms with Gasteiger partial charge in [-0.3, -0.25) is 0 Å². The molecular formula is C15H18N2O2. The van der Waals surface area contributed by atoms with Crippen LogP contribution in [0.4, 0.5) is 5.82 Å². The van der Waals surface area contributed by atoms with Crippen molar-refractivity contribution < 1.29 is 9.47 Å². The smallest absolute Gasteiger partial charge is 0.161 e. The predicted molar refractivity (Wildman–Crippen MR) is 76.1 cm³/mol. The Balaban J connectivity index is 2.06. The second-order valence-corrected chi connectivity index (χ2v) is 4.86. The molecule has 0 atom stereocenters. The van der Waals surface area contributed by atoms with E-state index in [1.54, 1.807) is 14.2 Å². The maximum absolute atomic E-state index is 5.36. The van der Waals surface area contributed by atoms with Crippen molar-refractivity contribution in [1.82, 2.24) is 4.98 Å². The van der Waals surface area contributed by atoms with Gasteiger partial charge in [-0.25, -0.2) is 4.98 Å². The third-order valence-corrected chi connectivity index (χ3v) is 3.71. The molecule has 0 saturated heterocycles. The fourth-order valence-corrected chi connectivity index (χ4v) is 2.36. The highest BCUT2D eigenvalue weighted by Crippen LogP contribution is 2.35. The van der Waals surface area contributed by atoms with Crippen molar-refractivity contribution in [3.05, 3.63) is 24.4 Å². The molecule has 0 amide bonds. The van der Waals surface area contributed by atoms with Gasteiger partial charge in [0.15, 0.2) is 11.5 Å². The minimum Gasteiger partial charge on any atom is -0.493 e. The fourth-order valence-electron chi connectivity index (χ4n) is 2.36. The molecule has 0 aliphatic heterocycles. The largest absolute Gasteiger partial charge is 0.493 e. The van der Waals surface area contributed by atoms with Crippen LogP contribution in [-0.4, -0.2) is 25.2 Å². The summed E-state index contributed by atoms with van der Waals surface area (Å²) < 4.78 is 10.7. The third kappa shape index (κ3) is 2.18. The van der Waals surface area contributed by atoms with Gasteiger partial charge in [0, 0.05) is 17.6 Å². The number of nitrogens with zero attached hydrogens (tertiary/aromatic N) is 1. The minimum atomic E-state index is 0.561. The highest BCUT2D eigenvalue weighted by Gasteiger charge is 2.19. The lowest BCUT2D eigenvalue weighted by Gasteiger charge is -2.27. The Morgan fingerprint density at radius 3 is 2.53 bits per heavy atom. The number of fused-ring (bicyclic) bond motifs is 1. The van der Waals surface area contributed by atoms with Crippen LogP contribution in [0.25, 0.3) is 10.8 Å². The third-order valence-electron chi connectivity index (χ3n) is 3.71. The van der Waals surface area contributed by atoms with E-state index in [4.69, 9.17) is 9.47 Å². The standard InChI is InChI=1S/C15H18N2O2/c1-18-13-8-10-6-7-16-15(17-11-4-3-5-11)12(10)9-14(13)19-2/h6-9,11H,3-5H2,1-2H3,(H,16,17). The lowest BCUT2D eigenvalue weighted by molar-refractivity contribution is 0.356. The predicted octanol–water partition coefficient (Wildman–Crippen LogP) is 3.22. The van der Waals surface area contributed by atoms with E-state index in [9.17, 15) is 0 Å². The zero-order valence-corrected chi connectivity index (χ0v) is 11.3. The molecule has 0 bridgehead atoms. The van der Waals surface area contributed by atoms with Crippen molar-refractivity contribution in [2.45, 2.75) is 25.3 Å². The van der Waals surface area contributed by atoms with Crippen molar-refractivity contribution in [2.75, 3.05) is 19.5 Å². The molecule has 3 rings (SSSR count). The molecule has 1 heterocycles. The highest BCUT2D eigenvalue weighted by molar-refractivity contribution is 5.94. The van der Waals surface area contributed by atoms with Crippen molar-refractivity contribution in [3.8, 4) is 11.5 Å². The number of rotatable bonds is 4. The van der Waals surface area contributed by atoms with Crippen LogP contribution in [0, 0.1) is 0 Å². The first kappa shape index (κ1) is 12.1. The monoisotopic (exact) mass is 258 g/mol. The molecule has 4 heteroatoms. The fraction of sp³-hybridized carbons (Fsp3) is 0.400. The number of pyridine rings is 1. The second-order valence-electron chi connectivity index (χ2n) is 4.86. The van der Waals surface area contributed by atoms with E-state index >= 15 is 0 Å². The number of ether oxygens (including phenoxy) is 2. The average Bonchev–Trinajstić information content (AvgIpc) is 2.41. The van der Waals surface area contributed by atoms with Crippen molar-refractivity contribution >= 4 is 16.6 Å². The molecule has 0 unspecified atom stereocenters. The van der Waals surface area contributed by atoms with E-state index in [0.717, 1.165) is 28.1 Å². The summed E-state index contributed by atoms with van der Waals surface area (Å²) in [5.74, 6) is 2.42. The van der Waals surface area contributed by atoms with Gasteiger partial charge in [-0.1, -0.05) is 0 Å². The highest BCUT2D eigenvalue weighted by atomic mass is 16.5. The molecule has 100 valence electrons. The summed E-state index contributed by atoms with van der Waals surface area (Å²) in [6, 6.07) is 6.53. The van der Waals surface area contributed by atoms with Crippen LogP contribution < -0.4 is 14.8 Å². The first-order valence-corrected chi connectivity index (χ1v) is 6.59. The molecule has 4 nitrogen and oxygen atoms in total. The quantitative estimate of drug-likeness (QED) is 0.914. The summed E-state index contributed by atoms with van der Waals surface area (Å²) in [6.07, 6.45) is 5.59. The van der Waals surface area contributed by atoms with E-state index in [2.05, 4.69) is 10.3 Å². The van der Waals surface area contributed by atoms with E-state index < -0.39 is 0 Å². The Labute approximate surface area is 112 Å². The van der Waals surface area contributed by atoms with Gasteiger partial charge in [0.2, 0.25) is 0 Å². The minimum absolute atomic E-state index is 0.561. The van der Waals surface area contributed by atoms with Crippen LogP contribution >= 0.6 is 0 Å². The van der Waals surface area contributed by atoms with Gasteiger partial charge in [0.05, 0.1) is 14.2 Å². The summed E-state index contributed by atoms with van der Waals surface area (Å²) in [5, 5.41) is 5.68. The normalized spacial score (nSPS) is 15.1. The first-order valence-electron chi connectivity index (χ1n) is 6.59. The van der Waals surface area contributed by atoms with Crippen LogP contribution in [0.3, 0.4) is 0 Å². The van der Waals surface area contributed by atoms with Gasteiger partial charge < -0.3 is 14.8 Å². The Kier molecular flexibility index (Phi) is 3.15. The van der Waals surface area contributed by atoms with Gasteiger partial charge in [-0.15, -0.1) is 0 Å². The van der Waals surface area contributed by atoms with E-state index in [0.29, 0.717) is 6.04 Å². The van der Waals surface area contributed by atoms with Gasteiger partial charge in [0.25, 0.3) is 0 Å². The maximum Gasteiger partial charge on any atom is 0.161 e. The number of nitrogens with one attached hydrogen (secondary N) is 1. The number of methoxy groups -OCH3 is 2. The van der Waals surface area contributed by atoms with Gasteiger partial charge >= 0.3 is 0 Å². The summed E-state index contributed by atoms with van der Waals surface area (Å²) in [7, 11) is 3.30. The van der Waals surface area contributed by atoms with E-state index in [1.165, 1.54) is 19.3 Å². The lowest BCUT2D eigenvalue weighted by atomic mass is 9.93. The van der Waals surface area contributed by atoms with Crippen molar-refractivity contribution in [2.24, 2.45) is 0 Å². The van der Waals surface area contributed by atoms with Crippen LogP contribution in [-0.2, 0) is 0 Å². The molecule has 1 aliphatic carbocycles. The maximum atomic E-state index is 5.36. The van der Waals surface area contributed by atoms with Crippen LogP contribution in [0.1, 0.15) is 19.3 Å². The lowest BCUT2D eigenvalue weighted by Crippen LogP contribution is -2.27. The second kappa shape index (κ2) is 4.96. The first-order chi connectivity index (χ1) is 9.31. The number of anilines is 1. The molecule has 1 N–H and O–H groups in total. The van der Waals surface area contributed by atoms with Crippen molar-refractivity contribution in [3.63, 3.8) is 0 Å².